The van der Waals surface area contributed by atoms with Gasteiger partial charge in [0.25, 0.3) is 0 Å². The number of hydrogen-bond donors (Lipinski definition) is 0. The molecule has 1 amide bonds. The number of unbranched alkanes of at least 4 members (excludes halogenated alkanes) is 9. The lowest BCUT2D eigenvalue weighted by Gasteiger charge is -2.29. The summed E-state index contributed by atoms with van der Waals surface area (Å²) in [7, 11) is 0. The highest BCUT2D eigenvalue weighted by atomic mass is 35.5. The molecule has 0 unspecified atom stereocenters. The number of rotatable bonds is 17. The standard InChI is InChI=1S/C26H40ClNO4/c1-2-3-4-5-6-7-8-9-10-13-26(30)32-21-28-24-20-23(31-19-12-11-18-27)16-14-22(24)15-17-25(28)29/h14,16,20H,2-13,15,17-19,21H2,1H3. The van der Waals surface area contributed by atoms with Gasteiger partial charge in [-0.25, -0.2) is 0 Å². The van der Waals surface area contributed by atoms with Crippen LogP contribution in [0.25, 0.3) is 0 Å². The van der Waals surface area contributed by atoms with Crippen molar-refractivity contribution < 1.29 is 19.1 Å². The molecule has 1 heterocycles. The second-order valence-electron chi connectivity index (χ2n) is 8.58. The van der Waals surface area contributed by atoms with Crippen molar-refractivity contribution in [1.82, 2.24) is 0 Å². The van der Waals surface area contributed by atoms with Crippen LogP contribution >= 0.6 is 11.6 Å². The smallest absolute Gasteiger partial charge is 0.307 e. The highest BCUT2D eigenvalue weighted by Crippen LogP contribution is 2.31. The highest BCUT2D eigenvalue weighted by molar-refractivity contribution is 6.17. The maximum absolute atomic E-state index is 12.5. The van der Waals surface area contributed by atoms with Crippen molar-refractivity contribution in [3.05, 3.63) is 23.8 Å². The average Bonchev–Trinajstić information content (AvgIpc) is 2.80. The van der Waals surface area contributed by atoms with Crippen LogP contribution in [0, 0.1) is 0 Å². The molecule has 0 fully saturated rings. The van der Waals surface area contributed by atoms with E-state index in [4.69, 9.17) is 21.1 Å². The van der Waals surface area contributed by atoms with Gasteiger partial charge in [0.05, 0.1) is 12.3 Å². The van der Waals surface area contributed by atoms with Gasteiger partial charge in [-0.2, -0.15) is 0 Å². The molecule has 0 saturated heterocycles. The number of nitrogens with zero attached hydrogens (tertiary/aromatic N) is 1. The van der Waals surface area contributed by atoms with Crippen LogP contribution in [-0.2, 0) is 20.7 Å². The lowest BCUT2D eigenvalue weighted by molar-refractivity contribution is -0.144. The summed E-state index contributed by atoms with van der Waals surface area (Å²) in [6.07, 6.45) is 14.2. The number of benzene rings is 1. The number of carbonyl (C=O) groups excluding carboxylic acids is 2. The monoisotopic (exact) mass is 465 g/mol. The van der Waals surface area contributed by atoms with E-state index in [-0.39, 0.29) is 18.6 Å². The van der Waals surface area contributed by atoms with Crippen LogP contribution in [0.3, 0.4) is 0 Å². The Morgan fingerprint density at radius 2 is 1.69 bits per heavy atom. The van der Waals surface area contributed by atoms with Crippen molar-refractivity contribution >= 4 is 29.2 Å². The minimum Gasteiger partial charge on any atom is -0.494 e. The Morgan fingerprint density at radius 3 is 2.41 bits per heavy atom. The number of anilines is 1. The van der Waals surface area contributed by atoms with Gasteiger partial charge in [0.2, 0.25) is 5.91 Å². The molecule has 0 bridgehead atoms. The fourth-order valence-corrected chi connectivity index (χ4v) is 4.11. The van der Waals surface area contributed by atoms with Crippen molar-refractivity contribution in [2.75, 3.05) is 24.1 Å². The van der Waals surface area contributed by atoms with Crippen molar-refractivity contribution in [2.24, 2.45) is 0 Å². The van der Waals surface area contributed by atoms with E-state index in [1.54, 1.807) is 4.90 Å². The predicted octanol–water partition coefficient (Wildman–Crippen LogP) is 6.79. The molecule has 6 heteroatoms. The van der Waals surface area contributed by atoms with E-state index >= 15 is 0 Å². The van der Waals surface area contributed by atoms with Crippen LogP contribution in [0.4, 0.5) is 5.69 Å². The van der Waals surface area contributed by atoms with Gasteiger partial charge < -0.3 is 9.47 Å². The zero-order valence-electron chi connectivity index (χ0n) is 19.7. The molecular formula is C26H40ClNO4. The minimum absolute atomic E-state index is 0.0207. The minimum atomic E-state index is -0.235. The van der Waals surface area contributed by atoms with Crippen LogP contribution in [-0.4, -0.2) is 31.1 Å². The van der Waals surface area contributed by atoms with E-state index < -0.39 is 0 Å². The average molecular weight is 466 g/mol. The van der Waals surface area contributed by atoms with Crippen LogP contribution in [0.1, 0.15) is 96.0 Å². The van der Waals surface area contributed by atoms with E-state index in [0.29, 0.717) is 31.7 Å². The Bertz CT molecular complexity index is 694. The first-order valence-electron chi connectivity index (χ1n) is 12.4. The predicted molar refractivity (Wildman–Crippen MR) is 131 cm³/mol. The van der Waals surface area contributed by atoms with Crippen LogP contribution in [0.2, 0.25) is 0 Å². The first-order chi connectivity index (χ1) is 15.7. The molecule has 0 N–H and O–H groups in total. The normalized spacial score (nSPS) is 13.2. The molecule has 1 aliphatic heterocycles. The van der Waals surface area contributed by atoms with Gasteiger partial charge in [-0.15, -0.1) is 11.6 Å². The SMILES string of the molecule is CCCCCCCCCCCC(=O)OCN1C(=O)CCc2ccc(OCCCCCl)cc21. The maximum atomic E-state index is 12.5. The number of alkyl halides is 1. The third kappa shape index (κ3) is 9.81. The third-order valence-electron chi connectivity index (χ3n) is 5.89. The summed E-state index contributed by atoms with van der Waals surface area (Å²) in [4.78, 5) is 26.2. The van der Waals surface area contributed by atoms with Crippen molar-refractivity contribution in [3.63, 3.8) is 0 Å². The van der Waals surface area contributed by atoms with E-state index in [1.807, 2.05) is 18.2 Å². The molecule has 0 saturated carbocycles. The molecule has 180 valence electrons. The number of aryl methyl sites for hydroxylation is 1. The molecule has 5 nitrogen and oxygen atoms in total. The van der Waals surface area contributed by atoms with Gasteiger partial charge in [0.1, 0.15) is 5.75 Å². The Kier molecular flexibility index (Phi) is 13.2. The molecule has 1 aromatic carbocycles. The van der Waals surface area contributed by atoms with Crippen LogP contribution in [0.5, 0.6) is 5.75 Å². The number of esters is 1. The highest BCUT2D eigenvalue weighted by Gasteiger charge is 2.25. The number of ether oxygens (including phenoxy) is 2. The number of hydrogen-bond acceptors (Lipinski definition) is 4. The Labute approximate surface area is 198 Å². The maximum Gasteiger partial charge on any atom is 0.307 e. The summed E-state index contributed by atoms with van der Waals surface area (Å²) in [5.74, 6) is 1.09. The van der Waals surface area contributed by atoms with E-state index in [2.05, 4.69) is 6.92 Å². The first kappa shape index (κ1) is 26.5. The van der Waals surface area contributed by atoms with E-state index in [9.17, 15) is 9.59 Å². The van der Waals surface area contributed by atoms with Crippen molar-refractivity contribution in [3.8, 4) is 5.75 Å². The van der Waals surface area contributed by atoms with Crippen LogP contribution in [0.15, 0.2) is 18.2 Å². The van der Waals surface area contributed by atoms with Crippen molar-refractivity contribution in [2.45, 2.75) is 96.8 Å². The summed E-state index contributed by atoms with van der Waals surface area (Å²) in [6.45, 7) is 2.79. The molecule has 32 heavy (non-hydrogen) atoms. The number of fused-ring (bicyclic) bond motifs is 1. The van der Waals surface area contributed by atoms with E-state index in [0.717, 1.165) is 42.7 Å². The van der Waals surface area contributed by atoms with Gasteiger partial charge in [0, 0.05) is 24.8 Å². The number of carbonyl (C=O) groups is 2. The first-order valence-corrected chi connectivity index (χ1v) is 13.0. The molecule has 0 aliphatic carbocycles. The second-order valence-corrected chi connectivity index (χ2v) is 8.96. The second kappa shape index (κ2) is 16.0. The van der Waals surface area contributed by atoms with Crippen molar-refractivity contribution in [1.29, 1.82) is 0 Å². The fraction of sp³-hybridized carbons (Fsp3) is 0.692. The summed E-state index contributed by atoms with van der Waals surface area (Å²) < 4.78 is 11.2. The lowest BCUT2D eigenvalue weighted by atomic mass is 10.0. The summed E-state index contributed by atoms with van der Waals surface area (Å²) in [5, 5.41) is 0. The summed E-state index contributed by atoms with van der Waals surface area (Å²) in [6, 6.07) is 5.81. The molecule has 1 aromatic rings. The zero-order chi connectivity index (χ0) is 23.0. The molecule has 1 aliphatic rings. The Balaban J connectivity index is 1.72. The van der Waals surface area contributed by atoms with E-state index in [1.165, 1.54) is 44.9 Å². The number of halogens is 1. The van der Waals surface area contributed by atoms with Gasteiger partial charge in [-0.1, -0.05) is 64.4 Å². The fourth-order valence-electron chi connectivity index (χ4n) is 3.92. The summed E-state index contributed by atoms with van der Waals surface area (Å²) in [5.41, 5.74) is 1.86. The molecule has 0 spiro atoms. The topological polar surface area (TPSA) is 55.8 Å². The molecule has 2 rings (SSSR count). The largest absolute Gasteiger partial charge is 0.494 e. The van der Waals surface area contributed by atoms with Crippen LogP contribution < -0.4 is 9.64 Å². The van der Waals surface area contributed by atoms with Gasteiger partial charge in [0.15, 0.2) is 6.73 Å². The zero-order valence-corrected chi connectivity index (χ0v) is 20.5. The lowest BCUT2D eigenvalue weighted by Crippen LogP contribution is -2.37. The number of amides is 1. The molecule has 0 atom stereocenters. The molecule has 0 radical (unpaired) electrons. The summed E-state index contributed by atoms with van der Waals surface area (Å²) >= 11 is 5.71. The third-order valence-corrected chi connectivity index (χ3v) is 6.16. The van der Waals surface area contributed by atoms with Gasteiger partial charge in [-0.3, -0.25) is 14.5 Å². The Hall–Kier alpha value is -1.75. The van der Waals surface area contributed by atoms with Gasteiger partial charge in [-0.05, 0) is 37.3 Å². The quantitative estimate of drug-likeness (QED) is 0.144. The van der Waals surface area contributed by atoms with Gasteiger partial charge >= 0.3 is 5.97 Å². The molecular weight excluding hydrogens is 426 g/mol. The molecule has 0 aromatic heterocycles. The Morgan fingerprint density at radius 1 is 0.969 bits per heavy atom.